The molecule has 0 saturated carbocycles. The number of rotatable bonds is 4. The summed E-state index contributed by atoms with van der Waals surface area (Å²) < 4.78 is 7.37. The van der Waals surface area contributed by atoms with Crippen molar-refractivity contribution in [2.24, 2.45) is 0 Å². The van der Waals surface area contributed by atoms with E-state index in [1.807, 2.05) is 0 Å². The van der Waals surface area contributed by atoms with Crippen LogP contribution in [0.2, 0.25) is 0 Å². The number of hydrogen-bond donors (Lipinski definition) is 2. The van der Waals surface area contributed by atoms with Crippen molar-refractivity contribution in [3.63, 3.8) is 0 Å². The zero-order valence-electron chi connectivity index (χ0n) is 8.63. The first-order valence-corrected chi connectivity index (χ1v) is 7.44. The van der Waals surface area contributed by atoms with Crippen LogP contribution in [0.5, 0.6) is 0 Å². The van der Waals surface area contributed by atoms with Gasteiger partial charge in [-0.2, -0.15) is 0 Å². The Labute approximate surface area is 115 Å². The fraction of sp³-hybridized carbons (Fsp3) is 0.600. The molecule has 6 heteroatoms. The molecule has 2 rings (SSSR count). The van der Waals surface area contributed by atoms with Gasteiger partial charge in [-0.05, 0) is 37.9 Å². The molecule has 3 nitrogen and oxygen atoms in total. The van der Waals surface area contributed by atoms with Gasteiger partial charge < -0.3 is 15.2 Å². The van der Waals surface area contributed by atoms with E-state index in [1.54, 1.807) is 11.3 Å². The summed E-state index contributed by atoms with van der Waals surface area (Å²) in [5.41, 5.74) is -0.675. The number of aliphatic hydroxyl groups is 1. The maximum atomic E-state index is 10.0. The largest absolute Gasteiger partial charge is 0.386 e. The van der Waals surface area contributed by atoms with Crippen molar-refractivity contribution in [1.82, 2.24) is 5.32 Å². The smallest absolute Gasteiger partial charge is 0.103 e. The topological polar surface area (TPSA) is 41.5 Å². The Hall–Kier alpha value is 0.540. The highest BCUT2D eigenvalue weighted by atomic mass is 79.9. The molecular weight excluding hydrogens is 358 g/mol. The van der Waals surface area contributed by atoms with Crippen molar-refractivity contribution in [3.8, 4) is 0 Å². The van der Waals surface area contributed by atoms with Crippen molar-refractivity contribution < 1.29 is 9.84 Å². The zero-order chi connectivity index (χ0) is 11.6. The van der Waals surface area contributed by atoms with Crippen LogP contribution in [0.3, 0.4) is 0 Å². The minimum absolute atomic E-state index is 0.442. The van der Waals surface area contributed by atoms with Crippen LogP contribution in [-0.4, -0.2) is 30.5 Å². The van der Waals surface area contributed by atoms with Gasteiger partial charge in [0.2, 0.25) is 0 Å². The van der Waals surface area contributed by atoms with E-state index in [0.29, 0.717) is 19.8 Å². The molecule has 16 heavy (non-hydrogen) atoms. The Bertz CT molecular complexity index is 344. The van der Waals surface area contributed by atoms with Crippen LogP contribution >= 0.6 is 43.2 Å². The molecule has 0 aliphatic carbocycles. The van der Waals surface area contributed by atoms with Crippen LogP contribution in [0.15, 0.2) is 14.3 Å². The monoisotopic (exact) mass is 369 g/mol. The third kappa shape index (κ3) is 3.27. The third-order valence-electron chi connectivity index (χ3n) is 2.53. The number of ether oxygens (including phenoxy) is 1. The summed E-state index contributed by atoms with van der Waals surface area (Å²) in [7, 11) is 0. The van der Waals surface area contributed by atoms with E-state index in [9.17, 15) is 5.11 Å². The molecule has 2 N–H and O–H groups in total. The van der Waals surface area contributed by atoms with E-state index < -0.39 is 5.60 Å². The Kier molecular flexibility index (Phi) is 4.43. The summed E-state index contributed by atoms with van der Waals surface area (Å²) in [6, 6.07) is 2.08. The van der Waals surface area contributed by atoms with E-state index in [2.05, 4.69) is 43.2 Å². The first-order chi connectivity index (χ1) is 7.59. The van der Waals surface area contributed by atoms with Crippen LogP contribution in [0.25, 0.3) is 0 Å². The average molecular weight is 371 g/mol. The van der Waals surface area contributed by atoms with E-state index >= 15 is 0 Å². The molecule has 1 atom stereocenters. The van der Waals surface area contributed by atoms with Gasteiger partial charge in [-0.15, -0.1) is 11.3 Å². The SMILES string of the molecule is OC1(CNCc2cc(Br)c(Br)s2)CCOC1. The first-order valence-electron chi connectivity index (χ1n) is 5.04. The lowest BCUT2D eigenvalue weighted by molar-refractivity contribution is 0.0269. The summed E-state index contributed by atoms with van der Waals surface area (Å²) in [6.07, 6.45) is 0.720. The molecule has 1 saturated heterocycles. The molecule has 0 aromatic carbocycles. The van der Waals surface area contributed by atoms with Crippen LogP contribution in [0, 0.1) is 0 Å². The van der Waals surface area contributed by atoms with Crippen LogP contribution < -0.4 is 5.32 Å². The Morgan fingerprint density at radius 2 is 2.38 bits per heavy atom. The lowest BCUT2D eigenvalue weighted by atomic mass is 10.0. The van der Waals surface area contributed by atoms with Gasteiger partial charge in [-0.1, -0.05) is 0 Å². The van der Waals surface area contributed by atoms with E-state index in [1.165, 1.54) is 4.88 Å². The normalized spacial score (nSPS) is 25.2. The highest BCUT2D eigenvalue weighted by Gasteiger charge is 2.31. The number of nitrogens with one attached hydrogen (secondary N) is 1. The van der Waals surface area contributed by atoms with Crippen LogP contribution in [0.1, 0.15) is 11.3 Å². The number of thiophene rings is 1. The van der Waals surface area contributed by atoms with Gasteiger partial charge in [-0.3, -0.25) is 0 Å². The van der Waals surface area contributed by atoms with Crippen molar-refractivity contribution >= 4 is 43.2 Å². The van der Waals surface area contributed by atoms with Crippen molar-refractivity contribution in [3.05, 3.63) is 19.2 Å². The zero-order valence-corrected chi connectivity index (χ0v) is 12.6. The first kappa shape index (κ1) is 13.0. The predicted molar refractivity (Wildman–Crippen MR) is 71.8 cm³/mol. The highest BCUT2D eigenvalue weighted by molar-refractivity contribution is 9.13. The molecule has 1 fully saturated rings. The third-order valence-corrected chi connectivity index (χ3v) is 5.79. The Balaban J connectivity index is 1.79. The minimum atomic E-state index is -0.675. The van der Waals surface area contributed by atoms with Gasteiger partial charge in [0.25, 0.3) is 0 Å². The second-order valence-electron chi connectivity index (χ2n) is 3.96. The molecule has 0 radical (unpaired) electrons. The van der Waals surface area contributed by atoms with Crippen molar-refractivity contribution in [2.75, 3.05) is 19.8 Å². The van der Waals surface area contributed by atoms with Gasteiger partial charge in [0.05, 0.1) is 10.4 Å². The van der Waals surface area contributed by atoms with Gasteiger partial charge in [-0.25, -0.2) is 0 Å². The molecule has 0 bridgehead atoms. The summed E-state index contributed by atoms with van der Waals surface area (Å²) in [4.78, 5) is 1.24. The lowest BCUT2D eigenvalue weighted by Gasteiger charge is -2.20. The molecule has 1 aliphatic heterocycles. The van der Waals surface area contributed by atoms with Crippen LogP contribution in [-0.2, 0) is 11.3 Å². The molecule has 1 aromatic rings. The summed E-state index contributed by atoms with van der Waals surface area (Å²) in [5.74, 6) is 0. The number of hydrogen-bond acceptors (Lipinski definition) is 4. The van der Waals surface area contributed by atoms with Crippen molar-refractivity contribution in [2.45, 2.75) is 18.6 Å². The average Bonchev–Trinajstić information content (AvgIpc) is 2.76. The highest BCUT2D eigenvalue weighted by Crippen LogP contribution is 2.32. The molecule has 1 aliphatic rings. The standard InChI is InChI=1S/C10H13Br2NO2S/c11-8-3-7(16-9(8)12)4-13-5-10(14)1-2-15-6-10/h3,13-14H,1-2,4-6H2. The Morgan fingerprint density at radius 3 is 2.94 bits per heavy atom. The summed E-state index contributed by atoms with van der Waals surface area (Å²) >= 11 is 8.60. The molecule has 1 aromatic heterocycles. The van der Waals surface area contributed by atoms with Gasteiger partial charge in [0, 0.05) is 35.5 Å². The second-order valence-corrected chi connectivity index (χ2v) is 7.27. The number of halogens is 2. The maximum absolute atomic E-state index is 10.0. The maximum Gasteiger partial charge on any atom is 0.103 e. The van der Waals surface area contributed by atoms with E-state index in [4.69, 9.17) is 4.74 Å². The minimum Gasteiger partial charge on any atom is -0.386 e. The molecule has 90 valence electrons. The van der Waals surface area contributed by atoms with Crippen molar-refractivity contribution in [1.29, 1.82) is 0 Å². The lowest BCUT2D eigenvalue weighted by Crippen LogP contribution is -2.40. The molecule has 2 heterocycles. The van der Waals surface area contributed by atoms with Crippen LogP contribution in [0.4, 0.5) is 0 Å². The van der Waals surface area contributed by atoms with Gasteiger partial charge in [0.15, 0.2) is 0 Å². The predicted octanol–water partition coefficient (Wildman–Crippen LogP) is 2.51. The summed E-state index contributed by atoms with van der Waals surface area (Å²) in [5, 5.41) is 13.3. The summed E-state index contributed by atoms with van der Waals surface area (Å²) in [6.45, 7) is 2.46. The molecule has 1 unspecified atom stereocenters. The van der Waals surface area contributed by atoms with Gasteiger partial charge >= 0.3 is 0 Å². The molecule has 0 amide bonds. The van der Waals surface area contributed by atoms with Gasteiger partial charge in [0.1, 0.15) is 5.60 Å². The van der Waals surface area contributed by atoms with E-state index in [0.717, 1.165) is 21.2 Å². The quantitative estimate of drug-likeness (QED) is 0.855. The Morgan fingerprint density at radius 1 is 1.56 bits per heavy atom. The fourth-order valence-electron chi connectivity index (χ4n) is 1.63. The van der Waals surface area contributed by atoms with E-state index in [-0.39, 0.29) is 0 Å². The second kappa shape index (κ2) is 5.46. The molecular formula is C10H13Br2NO2S. The molecule has 0 spiro atoms. The fourth-order valence-corrected chi connectivity index (χ4v) is 3.78.